The van der Waals surface area contributed by atoms with Gasteiger partial charge < -0.3 is 10.1 Å². The number of ether oxygens (including phenoxy) is 1. The molecular weight excluding hydrogens is 370 g/mol. The number of benzene rings is 4. The van der Waals surface area contributed by atoms with Crippen molar-refractivity contribution in [1.82, 2.24) is 5.32 Å². The van der Waals surface area contributed by atoms with E-state index in [-0.39, 0.29) is 6.09 Å². The summed E-state index contributed by atoms with van der Waals surface area (Å²) in [7, 11) is 0. The van der Waals surface area contributed by atoms with Gasteiger partial charge >= 0.3 is 6.09 Å². The van der Waals surface area contributed by atoms with Crippen molar-refractivity contribution in [2.75, 3.05) is 13.2 Å². The van der Waals surface area contributed by atoms with Crippen molar-refractivity contribution in [2.24, 2.45) is 0 Å². The smallest absolute Gasteiger partial charge is 0.407 e. The van der Waals surface area contributed by atoms with Crippen LogP contribution in [0, 0.1) is 0 Å². The highest BCUT2D eigenvalue weighted by Gasteiger charge is 2.06. The van der Waals surface area contributed by atoms with Crippen LogP contribution in [0.1, 0.15) is 0 Å². The Hall–Kier alpha value is -3.85. The Morgan fingerprint density at radius 2 is 0.800 bits per heavy atom. The highest BCUT2D eigenvalue weighted by atomic mass is 16.6. The average molecular weight is 396 g/mol. The molecule has 3 heteroatoms. The summed E-state index contributed by atoms with van der Waals surface area (Å²) in [6.45, 7) is 1.19. The molecule has 1 aliphatic heterocycles. The number of cyclic esters (lactones) is 1. The molecule has 0 aliphatic carbocycles. The lowest BCUT2D eigenvalue weighted by atomic mass is 10.1. The Kier molecular flexibility index (Phi) is 8.26. The van der Waals surface area contributed by atoms with Gasteiger partial charge in [0, 0.05) is 0 Å². The van der Waals surface area contributed by atoms with Gasteiger partial charge in [-0.15, -0.1) is 0 Å². The predicted molar refractivity (Wildman–Crippen MR) is 123 cm³/mol. The van der Waals surface area contributed by atoms with E-state index in [1.807, 2.05) is 24.3 Å². The van der Waals surface area contributed by atoms with Crippen LogP contribution in [0.5, 0.6) is 0 Å². The van der Waals surface area contributed by atoms with Gasteiger partial charge in [-0.3, -0.25) is 0 Å². The second-order valence-electron chi connectivity index (χ2n) is 6.53. The van der Waals surface area contributed by atoms with E-state index in [2.05, 4.69) is 107 Å². The third kappa shape index (κ3) is 6.95. The normalized spacial score (nSPS) is 11.7. The minimum Gasteiger partial charge on any atom is -0.448 e. The molecule has 0 bridgehead atoms. The van der Waals surface area contributed by atoms with E-state index in [1.54, 1.807) is 0 Å². The SMILES string of the molecule is O=C1NCCO1.c1ccc(-c2ccccc2)cc1.c1ccc(-c2ccccc2)cc1. The Bertz CT molecular complexity index is 830. The van der Waals surface area contributed by atoms with Crippen LogP contribution < -0.4 is 5.32 Å². The van der Waals surface area contributed by atoms with E-state index < -0.39 is 0 Å². The first-order valence-corrected chi connectivity index (χ1v) is 9.94. The van der Waals surface area contributed by atoms with E-state index in [1.165, 1.54) is 22.3 Å². The fourth-order valence-electron chi connectivity index (χ4n) is 2.87. The number of carbonyl (C=O) groups is 1. The van der Waals surface area contributed by atoms with Crippen LogP contribution in [-0.2, 0) is 4.74 Å². The number of hydrogen-bond donors (Lipinski definition) is 1. The molecule has 4 aromatic carbocycles. The van der Waals surface area contributed by atoms with E-state index >= 15 is 0 Å². The Morgan fingerprint density at radius 3 is 0.967 bits per heavy atom. The zero-order valence-corrected chi connectivity index (χ0v) is 16.8. The number of alkyl carbamates (subject to hydrolysis) is 1. The molecule has 30 heavy (non-hydrogen) atoms. The minimum absolute atomic E-state index is 0.296. The van der Waals surface area contributed by atoms with Gasteiger partial charge in [-0.1, -0.05) is 121 Å². The van der Waals surface area contributed by atoms with Crippen LogP contribution in [0.2, 0.25) is 0 Å². The van der Waals surface area contributed by atoms with E-state index in [9.17, 15) is 4.79 Å². The molecule has 1 N–H and O–H groups in total. The molecule has 0 atom stereocenters. The molecule has 4 aromatic rings. The van der Waals surface area contributed by atoms with Crippen LogP contribution >= 0.6 is 0 Å². The van der Waals surface area contributed by atoms with E-state index in [4.69, 9.17) is 0 Å². The van der Waals surface area contributed by atoms with Crippen LogP contribution in [0.3, 0.4) is 0 Å². The molecule has 0 spiro atoms. The van der Waals surface area contributed by atoms with Gasteiger partial charge in [0.2, 0.25) is 0 Å². The topological polar surface area (TPSA) is 38.3 Å². The quantitative estimate of drug-likeness (QED) is 0.424. The second kappa shape index (κ2) is 11.9. The number of hydrogen-bond acceptors (Lipinski definition) is 2. The fraction of sp³-hybridized carbons (Fsp3) is 0.0741. The van der Waals surface area contributed by atoms with Crippen molar-refractivity contribution in [2.45, 2.75) is 0 Å². The monoisotopic (exact) mass is 395 g/mol. The molecule has 150 valence electrons. The van der Waals surface area contributed by atoms with Crippen LogP contribution in [0.15, 0.2) is 121 Å². The number of carbonyl (C=O) groups excluding carboxylic acids is 1. The highest BCUT2D eigenvalue weighted by Crippen LogP contribution is 2.18. The highest BCUT2D eigenvalue weighted by molar-refractivity contribution is 5.68. The average Bonchev–Trinajstić information content (AvgIpc) is 3.33. The minimum atomic E-state index is -0.296. The number of rotatable bonds is 2. The number of amides is 1. The van der Waals surface area contributed by atoms with Gasteiger partial charge in [-0.25, -0.2) is 4.79 Å². The molecule has 5 rings (SSSR count). The van der Waals surface area contributed by atoms with Gasteiger partial charge in [0.15, 0.2) is 0 Å². The molecule has 1 heterocycles. The maximum Gasteiger partial charge on any atom is 0.407 e. The summed E-state index contributed by atoms with van der Waals surface area (Å²) < 4.78 is 4.40. The van der Waals surface area contributed by atoms with Gasteiger partial charge in [-0.05, 0) is 22.3 Å². The summed E-state index contributed by atoms with van der Waals surface area (Å²) >= 11 is 0. The standard InChI is InChI=1S/2C12H10.C3H5NO2/c2*1-3-7-11(8-4-1)12-9-5-2-6-10-12;5-3-4-1-2-6-3/h2*1-10H;1-2H2,(H,4,5). The van der Waals surface area contributed by atoms with E-state index in [0.29, 0.717) is 13.2 Å². The molecule has 0 saturated carbocycles. The third-order valence-corrected chi connectivity index (χ3v) is 4.37. The lowest BCUT2D eigenvalue weighted by molar-refractivity contribution is 0.178. The summed E-state index contributed by atoms with van der Waals surface area (Å²) in [6, 6.07) is 41.6. The largest absolute Gasteiger partial charge is 0.448 e. The molecule has 1 amide bonds. The molecule has 1 saturated heterocycles. The summed E-state index contributed by atoms with van der Waals surface area (Å²) in [4.78, 5) is 9.91. The summed E-state index contributed by atoms with van der Waals surface area (Å²) in [5.74, 6) is 0. The van der Waals surface area contributed by atoms with Crippen molar-refractivity contribution >= 4 is 6.09 Å². The van der Waals surface area contributed by atoms with Crippen molar-refractivity contribution in [3.63, 3.8) is 0 Å². The molecule has 0 aromatic heterocycles. The molecule has 1 aliphatic rings. The zero-order chi connectivity index (χ0) is 20.9. The third-order valence-electron chi connectivity index (χ3n) is 4.37. The van der Waals surface area contributed by atoms with Gasteiger partial charge in [-0.2, -0.15) is 0 Å². The van der Waals surface area contributed by atoms with Crippen molar-refractivity contribution in [1.29, 1.82) is 0 Å². The second-order valence-corrected chi connectivity index (χ2v) is 6.53. The maximum absolute atomic E-state index is 9.91. The zero-order valence-electron chi connectivity index (χ0n) is 16.8. The Morgan fingerprint density at radius 1 is 0.500 bits per heavy atom. The summed E-state index contributed by atoms with van der Waals surface area (Å²) in [5, 5.41) is 2.46. The molecule has 1 fully saturated rings. The van der Waals surface area contributed by atoms with Crippen molar-refractivity contribution in [3.8, 4) is 22.3 Å². The molecule has 0 radical (unpaired) electrons. The van der Waals surface area contributed by atoms with Crippen molar-refractivity contribution in [3.05, 3.63) is 121 Å². The lowest BCUT2D eigenvalue weighted by Gasteiger charge is -1.98. The Balaban J connectivity index is 0.000000136. The van der Waals surface area contributed by atoms with Crippen LogP contribution in [0.4, 0.5) is 4.79 Å². The van der Waals surface area contributed by atoms with E-state index in [0.717, 1.165) is 0 Å². The Labute approximate surface area is 178 Å². The first-order valence-electron chi connectivity index (χ1n) is 9.94. The van der Waals surface area contributed by atoms with Crippen LogP contribution in [-0.4, -0.2) is 19.2 Å². The number of nitrogens with one attached hydrogen (secondary N) is 1. The molecule has 3 nitrogen and oxygen atoms in total. The maximum atomic E-state index is 9.91. The van der Waals surface area contributed by atoms with Gasteiger partial charge in [0.25, 0.3) is 0 Å². The summed E-state index contributed by atoms with van der Waals surface area (Å²) in [5.41, 5.74) is 5.10. The van der Waals surface area contributed by atoms with Crippen LogP contribution in [0.25, 0.3) is 22.3 Å². The summed E-state index contributed by atoms with van der Waals surface area (Å²) in [6.07, 6.45) is -0.296. The fourth-order valence-corrected chi connectivity index (χ4v) is 2.87. The first kappa shape index (κ1) is 20.9. The predicted octanol–water partition coefficient (Wildman–Crippen LogP) is 6.43. The van der Waals surface area contributed by atoms with Gasteiger partial charge in [0.05, 0.1) is 6.54 Å². The van der Waals surface area contributed by atoms with Gasteiger partial charge in [0.1, 0.15) is 6.61 Å². The first-order chi connectivity index (χ1) is 14.8. The molecule has 0 unspecified atom stereocenters. The lowest BCUT2D eigenvalue weighted by Crippen LogP contribution is -2.11. The molecular formula is C27H25NO2. The van der Waals surface area contributed by atoms with Crippen molar-refractivity contribution < 1.29 is 9.53 Å².